The van der Waals surface area contributed by atoms with Crippen molar-refractivity contribution in [3.8, 4) is 0 Å². The minimum atomic E-state index is -3.44. The topological polar surface area (TPSA) is 63.5 Å². The first-order valence-electron chi connectivity index (χ1n) is 7.19. The number of pyridine rings is 1. The van der Waals surface area contributed by atoms with Crippen LogP contribution in [0.15, 0.2) is 40.9 Å². The molecule has 0 aromatic carbocycles. The third kappa shape index (κ3) is 3.74. The number of thiophene rings is 1. The van der Waals surface area contributed by atoms with Crippen molar-refractivity contribution in [3.63, 3.8) is 0 Å². The molecule has 0 amide bonds. The molecule has 0 bridgehead atoms. The maximum absolute atomic E-state index is 12.2. The molecule has 0 aliphatic heterocycles. The summed E-state index contributed by atoms with van der Waals surface area (Å²) in [4.78, 5) is 5.49. The number of hydrogen-bond acceptors (Lipinski definition) is 4. The summed E-state index contributed by atoms with van der Waals surface area (Å²) < 4.78 is 29.3. The summed E-state index contributed by atoms with van der Waals surface area (Å²) in [6.45, 7) is 2.31. The summed E-state index contributed by atoms with van der Waals surface area (Å²) in [6, 6.07) is 7.11. The van der Waals surface area contributed by atoms with Gasteiger partial charge in [-0.25, -0.2) is 18.1 Å². The van der Waals surface area contributed by atoms with Gasteiger partial charge < -0.3 is 4.40 Å². The van der Waals surface area contributed by atoms with E-state index in [-0.39, 0.29) is 0 Å². The highest BCUT2D eigenvalue weighted by Crippen LogP contribution is 2.21. The van der Waals surface area contributed by atoms with Crippen molar-refractivity contribution >= 4 is 38.6 Å². The summed E-state index contributed by atoms with van der Waals surface area (Å²) in [5, 5.41) is 0.631. The van der Waals surface area contributed by atoms with Crippen molar-refractivity contribution in [2.45, 2.75) is 24.0 Å². The van der Waals surface area contributed by atoms with Crippen molar-refractivity contribution in [1.82, 2.24) is 14.1 Å². The predicted molar refractivity (Wildman–Crippen MR) is 92.8 cm³/mol. The Morgan fingerprint density at radius 2 is 2.09 bits per heavy atom. The number of fused-ring (bicyclic) bond motifs is 1. The summed E-state index contributed by atoms with van der Waals surface area (Å²) in [5.41, 5.74) is 1.61. The van der Waals surface area contributed by atoms with E-state index in [0.29, 0.717) is 22.2 Å². The molecule has 3 aromatic heterocycles. The molecule has 1 N–H and O–H groups in total. The standard InChI is InChI=1S/C15H16ClN3O2S2/c1-2-13-4-6-15(22-13)23(20,21)17-8-7-12-10-19-9-11(16)3-5-14(19)18-12/h3-6,9-10,17H,2,7-8H2,1H3. The van der Waals surface area contributed by atoms with E-state index in [1.807, 2.05) is 29.7 Å². The van der Waals surface area contributed by atoms with Crippen molar-refractivity contribution in [3.05, 3.63) is 52.3 Å². The molecular weight excluding hydrogens is 354 g/mol. The molecule has 5 nitrogen and oxygen atoms in total. The van der Waals surface area contributed by atoms with Gasteiger partial charge in [0.15, 0.2) is 0 Å². The number of nitrogens with one attached hydrogen (secondary N) is 1. The smallest absolute Gasteiger partial charge is 0.250 e. The molecule has 8 heteroatoms. The van der Waals surface area contributed by atoms with Gasteiger partial charge in [-0.05, 0) is 30.7 Å². The van der Waals surface area contributed by atoms with Gasteiger partial charge in [-0.15, -0.1) is 11.3 Å². The van der Waals surface area contributed by atoms with E-state index in [2.05, 4.69) is 9.71 Å². The second-order valence-corrected chi connectivity index (χ2v) is 8.67. The van der Waals surface area contributed by atoms with Crippen LogP contribution in [0.25, 0.3) is 5.65 Å². The van der Waals surface area contributed by atoms with Crippen LogP contribution in [0.3, 0.4) is 0 Å². The monoisotopic (exact) mass is 369 g/mol. The summed E-state index contributed by atoms with van der Waals surface area (Å²) in [7, 11) is -3.44. The fourth-order valence-electron chi connectivity index (χ4n) is 2.21. The zero-order valence-corrected chi connectivity index (χ0v) is 14.9. The molecule has 0 fully saturated rings. The highest BCUT2D eigenvalue weighted by atomic mass is 35.5. The third-order valence-electron chi connectivity index (χ3n) is 3.39. The lowest BCUT2D eigenvalue weighted by Gasteiger charge is -2.03. The molecule has 3 rings (SSSR count). The second-order valence-electron chi connectivity index (χ2n) is 5.07. The first-order valence-corrected chi connectivity index (χ1v) is 9.87. The first-order chi connectivity index (χ1) is 11.0. The Balaban J connectivity index is 1.65. The molecule has 0 saturated carbocycles. The SMILES string of the molecule is CCc1ccc(S(=O)(=O)NCCc2cn3cc(Cl)ccc3n2)s1. The summed E-state index contributed by atoms with van der Waals surface area (Å²) in [5.74, 6) is 0. The van der Waals surface area contributed by atoms with Crippen LogP contribution in [0.5, 0.6) is 0 Å². The van der Waals surface area contributed by atoms with Crippen molar-refractivity contribution in [2.24, 2.45) is 0 Å². The molecule has 0 aliphatic carbocycles. The van der Waals surface area contributed by atoms with Gasteiger partial charge in [-0.1, -0.05) is 18.5 Å². The Morgan fingerprint density at radius 1 is 1.26 bits per heavy atom. The minimum absolute atomic E-state index is 0.305. The fraction of sp³-hybridized carbons (Fsp3) is 0.267. The zero-order chi connectivity index (χ0) is 16.4. The largest absolute Gasteiger partial charge is 0.305 e. The van der Waals surface area contributed by atoms with Crippen LogP contribution in [-0.4, -0.2) is 24.3 Å². The first kappa shape index (κ1) is 16.4. The molecule has 23 heavy (non-hydrogen) atoms. The number of imidazole rings is 1. The molecule has 3 aromatic rings. The van der Waals surface area contributed by atoms with E-state index in [0.717, 1.165) is 22.6 Å². The maximum Gasteiger partial charge on any atom is 0.250 e. The van der Waals surface area contributed by atoms with Gasteiger partial charge in [0.25, 0.3) is 0 Å². The lowest BCUT2D eigenvalue weighted by molar-refractivity contribution is 0.583. The van der Waals surface area contributed by atoms with Gasteiger partial charge in [0.05, 0.1) is 10.7 Å². The maximum atomic E-state index is 12.2. The van der Waals surface area contributed by atoms with Gasteiger partial charge in [0.2, 0.25) is 10.0 Å². The Kier molecular flexibility index (Phi) is 4.72. The average Bonchev–Trinajstić information content (AvgIpc) is 3.12. The van der Waals surface area contributed by atoms with Gasteiger partial charge in [-0.2, -0.15) is 0 Å². The van der Waals surface area contributed by atoms with E-state index < -0.39 is 10.0 Å². The number of aromatic nitrogens is 2. The number of rotatable bonds is 6. The molecule has 3 heterocycles. The minimum Gasteiger partial charge on any atom is -0.305 e. The van der Waals surface area contributed by atoms with Crippen molar-refractivity contribution in [2.75, 3.05) is 6.54 Å². The molecule has 0 atom stereocenters. The van der Waals surface area contributed by atoms with Crippen LogP contribution in [0, 0.1) is 0 Å². The normalized spacial score (nSPS) is 12.1. The van der Waals surface area contributed by atoms with Gasteiger partial charge in [0, 0.05) is 30.2 Å². The number of sulfonamides is 1. The van der Waals surface area contributed by atoms with E-state index in [9.17, 15) is 8.42 Å². The quantitative estimate of drug-likeness (QED) is 0.726. The van der Waals surface area contributed by atoms with Crippen LogP contribution in [-0.2, 0) is 22.9 Å². The average molecular weight is 370 g/mol. The molecule has 0 spiro atoms. The molecule has 122 valence electrons. The fourth-order valence-corrected chi connectivity index (χ4v) is 4.75. The molecule has 0 radical (unpaired) electrons. The summed E-state index contributed by atoms with van der Waals surface area (Å²) >= 11 is 7.24. The highest BCUT2D eigenvalue weighted by Gasteiger charge is 2.16. The van der Waals surface area contributed by atoms with Crippen LogP contribution in [0.4, 0.5) is 0 Å². The molecule has 0 saturated heterocycles. The van der Waals surface area contributed by atoms with Gasteiger partial charge >= 0.3 is 0 Å². The predicted octanol–water partition coefficient (Wildman–Crippen LogP) is 3.13. The van der Waals surface area contributed by atoms with E-state index in [4.69, 9.17) is 11.6 Å². The van der Waals surface area contributed by atoms with E-state index in [1.54, 1.807) is 18.3 Å². The third-order valence-corrected chi connectivity index (χ3v) is 6.79. The molecular formula is C15H16ClN3O2S2. The Bertz CT molecular complexity index is 931. The second kappa shape index (κ2) is 6.60. The number of nitrogens with zero attached hydrogens (tertiary/aromatic N) is 2. The lowest BCUT2D eigenvalue weighted by Crippen LogP contribution is -2.25. The van der Waals surface area contributed by atoms with Gasteiger partial charge in [0.1, 0.15) is 9.86 Å². The molecule has 0 aliphatic rings. The van der Waals surface area contributed by atoms with Crippen molar-refractivity contribution < 1.29 is 8.42 Å². The Morgan fingerprint density at radius 3 is 2.83 bits per heavy atom. The number of hydrogen-bond donors (Lipinski definition) is 1. The van der Waals surface area contributed by atoms with Crippen LogP contribution in [0.2, 0.25) is 5.02 Å². The van der Waals surface area contributed by atoms with E-state index in [1.165, 1.54) is 11.3 Å². The summed E-state index contributed by atoms with van der Waals surface area (Å²) in [6.07, 6.45) is 4.99. The zero-order valence-electron chi connectivity index (χ0n) is 12.5. The van der Waals surface area contributed by atoms with Gasteiger partial charge in [-0.3, -0.25) is 0 Å². The Labute approximate surface area is 144 Å². The highest BCUT2D eigenvalue weighted by molar-refractivity contribution is 7.91. The van der Waals surface area contributed by atoms with Crippen molar-refractivity contribution in [1.29, 1.82) is 0 Å². The number of aryl methyl sites for hydroxylation is 1. The van der Waals surface area contributed by atoms with Crippen LogP contribution < -0.4 is 4.72 Å². The number of halogens is 1. The van der Waals surface area contributed by atoms with Crippen LogP contribution in [0.1, 0.15) is 17.5 Å². The molecule has 0 unspecified atom stereocenters. The Hall–Kier alpha value is -1.41. The lowest BCUT2D eigenvalue weighted by atomic mass is 10.3. The van der Waals surface area contributed by atoms with E-state index >= 15 is 0 Å². The van der Waals surface area contributed by atoms with Crippen LogP contribution >= 0.6 is 22.9 Å².